The van der Waals surface area contributed by atoms with Crippen molar-refractivity contribution >= 4 is 39.1 Å². The molecule has 134 valence electrons. The van der Waals surface area contributed by atoms with Crippen molar-refractivity contribution in [1.29, 1.82) is 0 Å². The summed E-state index contributed by atoms with van der Waals surface area (Å²) in [5.41, 5.74) is 1.46. The number of halogens is 1. The predicted molar refractivity (Wildman–Crippen MR) is 103 cm³/mol. The Morgan fingerprint density at radius 3 is 2.31 bits per heavy atom. The summed E-state index contributed by atoms with van der Waals surface area (Å²) in [6.07, 6.45) is 0.923. The van der Waals surface area contributed by atoms with E-state index in [1.165, 1.54) is 4.90 Å². The second-order valence-electron chi connectivity index (χ2n) is 6.56. The van der Waals surface area contributed by atoms with Gasteiger partial charge < -0.3 is 0 Å². The summed E-state index contributed by atoms with van der Waals surface area (Å²) in [6.45, 7) is 2.07. The Bertz CT molecular complexity index is 825. The van der Waals surface area contributed by atoms with Gasteiger partial charge in [0.25, 0.3) is 5.91 Å². The number of benzene rings is 2. The summed E-state index contributed by atoms with van der Waals surface area (Å²) < 4.78 is 0.899. The van der Waals surface area contributed by atoms with Crippen LogP contribution in [0.5, 0.6) is 0 Å². The highest BCUT2D eigenvalue weighted by atomic mass is 79.9. The molecule has 2 aliphatic heterocycles. The Hall–Kier alpha value is -2.18. The highest BCUT2D eigenvalue weighted by molar-refractivity contribution is 9.10. The number of imide groups is 1. The third-order valence-corrected chi connectivity index (χ3v) is 5.45. The molecule has 0 spiro atoms. The van der Waals surface area contributed by atoms with Crippen LogP contribution in [-0.2, 0) is 14.4 Å². The van der Waals surface area contributed by atoms with Crippen LogP contribution >= 0.6 is 15.9 Å². The number of fused-ring (bicyclic) bond motifs is 1. The number of carbonyl (C=O) groups excluding carboxylic acids is 2. The number of carbonyl (C=O) groups is 2. The zero-order valence-electron chi connectivity index (χ0n) is 14.3. The maximum atomic E-state index is 13.1. The van der Waals surface area contributed by atoms with E-state index in [1.54, 1.807) is 17.2 Å². The van der Waals surface area contributed by atoms with E-state index in [0.29, 0.717) is 5.69 Å². The summed E-state index contributed by atoms with van der Waals surface area (Å²) >= 11 is 3.38. The van der Waals surface area contributed by atoms with Crippen LogP contribution in [0.2, 0.25) is 0 Å². The molecule has 2 aliphatic rings. The molecule has 26 heavy (non-hydrogen) atoms. The monoisotopic (exact) mass is 414 g/mol. The molecule has 0 bridgehead atoms. The Labute approximate surface area is 160 Å². The molecule has 2 saturated heterocycles. The number of hydrogen-bond acceptors (Lipinski definition) is 4. The van der Waals surface area contributed by atoms with E-state index in [2.05, 4.69) is 22.9 Å². The fourth-order valence-electron chi connectivity index (χ4n) is 3.76. The number of para-hydroxylation sites is 1. The average Bonchev–Trinajstić information content (AvgIpc) is 3.14. The summed E-state index contributed by atoms with van der Waals surface area (Å²) in [5, 5.41) is 1.76. The van der Waals surface area contributed by atoms with Gasteiger partial charge in [-0.15, -0.1) is 0 Å². The summed E-state index contributed by atoms with van der Waals surface area (Å²) in [4.78, 5) is 33.4. The molecule has 0 unspecified atom stereocenters. The molecule has 0 saturated carbocycles. The van der Waals surface area contributed by atoms with Gasteiger partial charge in [0.2, 0.25) is 5.91 Å². The molecule has 3 atom stereocenters. The van der Waals surface area contributed by atoms with Crippen LogP contribution in [0.15, 0.2) is 59.1 Å². The first-order valence-electron chi connectivity index (χ1n) is 8.76. The summed E-state index contributed by atoms with van der Waals surface area (Å²) in [7, 11) is 0. The van der Waals surface area contributed by atoms with Crippen molar-refractivity contribution in [2.75, 3.05) is 9.96 Å². The van der Waals surface area contributed by atoms with Gasteiger partial charge in [-0.2, -0.15) is 0 Å². The minimum Gasteiger partial charge on any atom is -0.273 e. The molecule has 2 fully saturated rings. The largest absolute Gasteiger partial charge is 0.273 e. The number of anilines is 2. The lowest BCUT2D eigenvalue weighted by molar-refractivity contribution is -0.126. The van der Waals surface area contributed by atoms with E-state index in [9.17, 15) is 9.59 Å². The predicted octanol–water partition coefficient (Wildman–Crippen LogP) is 3.93. The lowest BCUT2D eigenvalue weighted by atomic mass is 9.93. The van der Waals surface area contributed by atoms with Gasteiger partial charge in [-0.05, 0) is 42.8 Å². The molecule has 0 radical (unpaired) electrons. The van der Waals surface area contributed by atoms with Crippen molar-refractivity contribution in [3.8, 4) is 0 Å². The third-order valence-electron chi connectivity index (χ3n) is 4.92. The van der Waals surface area contributed by atoms with Crippen molar-refractivity contribution in [3.05, 3.63) is 59.1 Å². The fraction of sp³-hybridized carbons (Fsp3) is 0.300. The van der Waals surface area contributed by atoms with Gasteiger partial charge in [0, 0.05) is 4.47 Å². The number of hydrogen-bond donors (Lipinski definition) is 0. The van der Waals surface area contributed by atoms with Gasteiger partial charge in [0.05, 0.1) is 23.3 Å². The third kappa shape index (κ3) is 2.73. The van der Waals surface area contributed by atoms with Gasteiger partial charge in [0.1, 0.15) is 0 Å². The zero-order valence-corrected chi connectivity index (χ0v) is 15.9. The molecule has 2 amide bonds. The maximum absolute atomic E-state index is 13.1. The van der Waals surface area contributed by atoms with Crippen molar-refractivity contribution < 1.29 is 14.4 Å². The number of hydroxylamine groups is 1. The molecular weight excluding hydrogens is 396 g/mol. The Balaban J connectivity index is 1.67. The molecule has 0 aliphatic carbocycles. The summed E-state index contributed by atoms with van der Waals surface area (Å²) in [6, 6.07) is 16.7. The zero-order chi connectivity index (χ0) is 18.3. The average molecular weight is 415 g/mol. The van der Waals surface area contributed by atoms with Gasteiger partial charge >= 0.3 is 0 Å². The van der Waals surface area contributed by atoms with Gasteiger partial charge in [-0.3, -0.25) is 14.4 Å². The number of rotatable bonds is 4. The topological polar surface area (TPSA) is 49.9 Å². The van der Waals surface area contributed by atoms with Crippen molar-refractivity contribution in [3.63, 3.8) is 0 Å². The normalized spacial score (nSPS) is 25.1. The molecule has 2 heterocycles. The maximum Gasteiger partial charge on any atom is 0.266 e. The van der Waals surface area contributed by atoms with E-state index >= 15 is 0 Å². The van der Waals surface area contributed by atoms with Crippen LogP contribution < -0.4 is 9.96 Å². The molecule has 0 aromatic heterocycles. The Kier molecular flexibility index (Phi) is 4.54. The molecule has 0 N–H and O–H groups in total. The smallest absolute Gasteiger partial charge is 0.266 e. The molecule has 5 nitrogen and oxygen atoms in total. The second kappa shape index (κ2) is 6.85. The molecule has 4 rings (SSSR count). The van der Waals surface area contributed by atoms with Gasteiger partial charge in [-0.1, -0.05) is 47.5 Å². The van der Waals surface area contributed by atoms with Crippen LogP contribution in [0, 0.1) is 5.92 Å². The molecule has 2 aromatic rings. The number of amides is 2. The fourth-order valence-corrected chi connectivity index (χ4v) is 4.02. The highest BCUT2D eigenvalue weighted by Gasteiger charge is 2.59. The highest BCUT2D eigenvalue weighted by Crippen LogP contribution is 2.41. The Morgan fingerprint density at radius 2 is 1.65 bits per heavy atom. The standard InChI is InChI=1S/C20H19BrN2O3/c1-2-6-16-17-18(26-23(16)15-7-4-3-5-8-15)20(25)22(19(17)24)14-11-9-13(21)10-12-14/h3-5,7-12,16-18H,2,6H2,1H3/t16-,17-,18-/m1/s1. The van der Waals surface area contributed by atoms with Crippen molar-refractivity contribution in [2.24, 2.45) is 5.92 Å². The van der Waals surface area contributed by atoms with E-state index in [-0.39, 0.29) is 17.9 Å². The lowest BCUT2D eigenvalue weighted by Gasteiger charge is -2.28. The number of nitrogens with zero attached hydrogens (tertiary/aromatic N) is 2. The Morgan fingerprint density at radius 1 is 0.962 bits per heavy atom. The van der Waals surface area contributed by atoms with Crippen LogP contribution in [0.4, 0.5) is 11.4 Å². The van der Waals surface area contributed by atoms with Gasteiger partial charge in [-0.25, -0.2) is 9.96 Å². The minimum atomic E-state index is -0.761. The van der Waals surface area contributed by atoms with Crippen LogP contribution in [0.25, 0.3) is 0 Å². The minimum absolute atomic E-state index is 0.149. The summed E-state index contributed by atoms with van der Waals surface area (Å²) in [5.74, 6) is -0.952. The van der Waals surface area contributed by atoms with E-state index in [0.717, 1.165) is 23.0 Å². The van der Waals surface area contributed by atoms with E-state index < -0.39 is 12.0 Å². The van der Waals surface area contributed by atoms with Crippen LogP contribution in [-0.4, -0.2) is 24.0 Å². The SMILES string of the molecule is CCC[C@@H]1[C@H]2C(=O)N(c3ccc(Br)cc3)C(=O)[C@@H]2ON1c1ccccc1. The van der Waals surface area contributed by atoms with Crippen molar-refractivity contribution in [2.45, 2.75) is 31.9 Å². The first kappa shape index (κ1) is 17.2. The molecule has 6 heteroatoms. The van der Waals surface area contributed by atoms with E-state index in [4.69, 9.17) is 4.84 Å². The van der Waals surface area contributed by atoms with Crippen LogP contribution in [0.1, 0.15) is 19.8 Å². The van der Waals surface area contributed by atoms with Crippen molar-refractivity contribution in [1.82, 2.24) is 0 Å². The lowest BCUT2D eigenvalue weighted by Crippen LogP contribution is -2.40. The molecular formula is C20H19BrN2O3. The van der Waals surface area contributed by atoms with Crippen LogP contribution in [0.3, 0.4) is 0 Å². The quantitative estimate of drug-likeness (QED) is 0.711. The first-order valence-corrected chi connectivity index (χ1v) is 9.55. The first-order chi connectivity index (χ1) is 12.6. The van der Waals surface area contributed by atoms with E-state index in [1.807, 2.05) is 42.5 Å². The molecule has 2 aromatic carbocycles. The van der Waals surface area contributed by atoms with Gasteiger partial charge in [0.15, 0.2) is 6.10 Å². The second-order valence-corrected chi connectivity index (χ2v) is 7.47.